The van der Waals surface area contributed by atoms with Crippen LogP contribution in [0.2, 0.25) is 0 Å². The van der Waals surface area contributed by atoms with Crippen LogP contribution in [0.25, 0.3) is 0 Å². The second kappa shape index (κ2) is 10.9. The van der Waals surface area contributed by atoms with Crippen molar-refractivity contribution in [3.8, 4) is 0 Å². The first-order valence-electron chi connectivity index (χ1n) is 6.64. The monoisotopic (exact) mass is 229 g/mol. The maximum absolute atomic E-state index is 10.5. The van der Waals surface area contributed by atoms with Crippen LogP contribution in [0.15, 0.2) is 0 Å². The predicted molar refractivity (Wildman–Crippen MR) is 67.7 cm³/mol. The molecular weight excluding hydrogens is 202 g/mol. The predicted octanol–water partition coefficient (Wildman–Crippen LogP) is 3.14. The highest BCUT2D eigenvalue weighted by atomic mass is 16.4. The van der Waals surface area contributed by atoms with Gasteiger partial charge in [0.1, 0.15) is 0 Å². The Morgan fingerprint density at radius 3 is 2.12 bits per heavy atom. The molecule has 0 aliphatic heterocycles. The third kappa shape index (κ3) is 9.97. The summed E-state index contributed by atoms with van der Waals surface area (Å²) in [6, 6.07) is 0. The number of nitrogens with zero attached hydrogens (tertiary/aromatic N) is 1. The number of aliphatic carboxylic acids is 1. The molecule has 0 bridgehead atoms. The zero-order chi connectivity index (χ0) is 12.2. The van der Waals surface area contributed by atoms with E-state index in [2.05, 4.69) is 18.7 Å². The van der Waals surface area contributed by atoms with Crippen LogP contribution in [0.3, 0.4) is 0 Å². The second-order valence-electron chi connectivity index (χ2n) is 4.40. The Morgan fingerprint density at radius 2 is 1.56 bits per heavy atom. The lowest BCUT2D eigenvalue weighted by molar-refractivity contribution is -0.137. The number of carboxylic acids is 1. The summed E-state index contributed by atoms with van der Waals surface area (Å²) in [6.07, 6.45) is 7.65. The lowest BCUT2D eigenvalue weighted by Gasteiger charge is -2.21. The molecule has 3 nitrogen and oxygen atoms in total. The lowest BCUT2D eigenvalue weighted by atomic mass is 10.2. The summed E-state index contributed by atoms with van der Waals surface area (Å²) in [7, 11) is 0. The highest BCUT2D eigenvalue weighted by Crippen LogP contribution is 2.04. The molecule has 0 radical (unpaired) electrons. The lowest BCUT2D eigenvalue weighted by Crippen LogP contribution is -2.28. The van der Waals surface area contributed by atoms with Crippen LogP contribution in [-0.2, 0) is 4.79 Å². The highest BCUT2D eigenvalue weighted by molar-refractivity contribution is 5.66. The number of carboxylic acid groups (broad SMARTS) is 1. The van der Waals surface area contributed by atoms with E-state index < -0.39 is 5.97 Å². The molecule has 0 aliphatic rings. The molecule has 96 valence electrons. The first-order valence-corrected chi connectivity index (χ1v) is 6.64. The van der Waals surface area contributed by atoms with Gasteiger partial charge in [-0.3, -0.25) is 4.79 Å². The molecule has 0 spiro atoms. The van der Waals surface area contributed by atoms with E-state index in [1.54, 1.807) is 0 Å². The molecular formula is C13H27NO2. The number of carbonyl (C=O) groups is 1. The molecule has 16 heavy (non-hydrogen) atoms. The van der Waals surface area contributed by atoms with E-state index in [-0.39, 0.29) is 6.42 Å². The summed E-state index contributed by atoms with van der Waals surface area (Å²) in [5.74, 6) is -0.685. The minimum Gasteiger partial charge on any atom is -0.481 e. The van der Waals surface area contributed by atoms with Crippen molar-refractivity contribution in [2.75, 3.05) is 19.6 Å². The van der Waals surface area contributed by atoms with Gasteiger partial charge in [0.25, 0.3) is 0 Å². The third-order valence-electron chi connectivity index (χ3n) is 2.80. The van der Waals surface area contributed by atoms with Crippen molar-refractivity contribution >= 4 is 5.97 Å². The fraction of sp³-hybridized carbons (Fsp3) is 0.923. The zero-order valence-electron chi connectivity index (χ0n) is 10.9. The van der Waals surface area contributed by atoms with Gasteiger partial charge in [0, 0.05) is 6.54 Å². The van der Waals surface area contributed by atoms with E-state index in [1.165, 1.54) is 38.5 Å². The number of rotatable bonds is 11. The Morgan fingerprint density at radius 1 is 0.938 bits per heavy atom. The van der Waals surface area contributed by atoms with Crippen LogP contribution in [-0.4, -0.2) is 35.6 Å². The van der Waals surface area contributed by atoms with Gasteiger partial charge in [-0.1, -0.05) is 39.5 Å². The average molecular weight is 229 g/mol. The van der Waals surface area contributed by atoms with Gasteiger partial charge in [-0.15, -0.1) is 0 Å². The molecule has 0 heterocycles. The fourth-order valence-corrected chi connectivity index (χ4v) is 1.73. The van der Waals surface area contributed by atoms with E-state index in [9.17, 15) is 4.79 Å². The maximum atomic E-state index is 10.5. The maximum Gasteiger partial charge on any atom is 0.304 e. The summed E-state index contributed by atoms with van der Waals surface area (Å²) in [6.45, 7) is 7.20. The van der Waals surface area contributed by atoms with Crippen molar-refractivity contribution in [2.45, 2.75) is 58.8 Å². The molecule has 3 heteroatoms. The summed E-state index contributed by atoms with van der Waals surface area (Å²) in [4.78, 5) is 12.8. The minimum atomic E-state index is -0.685. The molecule has 0 atom stereocenters. The topological polar surface area (TPSA) is 40.5 Å². The summed E-state index contributed by atoms with van der Waals surface area (Å²) >= 11 is 0. The third-order valence-corrected chi connectivity index (χ3v) is 2.80. The van der Waals surface area contributed by atoms with Crippen molar-refractivity contribution in [1.82, 2.24) is 4.90 Å². The van der Waals surface area contributed by atoms with E-state index in [0.29, 0.717) is 6.54 Å². The Kier molecular flexibility index (Phi) is 10.5. The van der Waals surface area contributed by atoms with Gasteiger partial charge in [0.2, 0.25) is 0 Å². The Balaban J connectivity index is 3.66. The van der Waals surface area contributed by atoms with Gasteiger partial charge in [0.05, 0.1) is 6.42 Å². The first-order chi connectivity index (χ1) is 7.70. The average Bonchev–Trinajstić information content (AvgIpc) is 2.26. The fourth-order valence-electron chi connectivity index (χ4n) is 1.73. The van der Waals surface area contributed by atoms with E-state index >= 15 is 0 Å². The molecule has 0 aliphatic carbocycles. The number of unbranched alkanes of at least 4 members (excludes halogenated alkanes) is 4. The Bertz CT molecular complexity index is 171. The van der Waals surface area contributed by atoms with Crippen LogP contribution in [0.1, 0.15) is 58.8 Å². The molecule has 0 unspecified atom stereocenters. The summed E-state index contributed by atoms with van der Waals surface area (Å²) in [5.41, 5.74) is 0. The molecule has 0 aromatic carbocycles. The van der Waals surface area contributed by atoms with E-state index in [1.807, 2.05) is 0 Å². The highest BCUT2D eigenvalue weighted by Gasteiger charge is 2.06. The van der Waals surface area contributed by atoms with Gasteiger partial charge >= 0.3 is 5.97 Å². The molecule has 0 aromatic rings. The smallest absolute Gasteiger partial charge is 0.304 e. The molecule has 0 rings (SSSR count). The van der Waals surface area contributed by atoms with Crippen molar-refractivity contribution in [3.05, 3.63) is 0 Å². The Hall–Kier alpha value is -0.570. The van der Waals surface area contributed by atoms with Gasteiger partial charge in [-0.25, -0.2) is 0 Å². The van der Waals surface area contributed by atoms with Crippen LogP contribution in [0, 0.1) is 0 Å². The van der Waals surface area contributed by atoms with E-state index in [0.717, 1.165) is 13.1 Å². The molecule has 0 fully saturated rings. The molecule has 0 amide bonds. The van der Waals surface area contributed by atoms with Gasteiger partial charge < -0.3 is 10.0 Å². The standard InChI is InChI=1S/C13H27NO2/c1-3-5-7-8-11-14(10-6-4-2)12-9-13(15)16/h3-12H2,1-2H3,(H,15,16). The van der Waals surface area contributed by atoms with Gasteiger partial charge in [0.15, 0.2) is 0 Å². The summed E-state index contributed by atoms with van der Waals surface area (Å²) in [5, 5.41) is 8.67. The minimum absolute atomic E-state index is 0.275. The van der Waals surface area contributed by atoms with Crippen LogP contribution in [0.4, 0.5) is 0 Å². The zero-order valence-corrected chi connectivity index (χ0v) is 10.9. The van der Waals surface area contributed by atoms with Crippen LogP contribution < -0.4 is 0 Å². The van der Waals surface area contributed by atoms with Crippen molar-refractivity contribution in [3.63, 3.8) is 0 Å². The van der Waals surface area contributed by atoms with Crippen molar-refractivity contribution in [2.24, 2.45) is 0 Å². The van der Waals surface area contributed by atoms with E-state index in [4.69, 9.17) is 5.11 Å². The van der Waals surface area contributed by atoms with Crippen LogP contribution >= 0.6 is 0 Å². The van der Waals surface area contributed by atoms with Gasteiger partial charge in [-0.05, 0) is 25.9 Å². The SMILES string of the molecule is CCCCCCN(CCCC)CCC(=O)O. The van der Waals surface area contributed by atoms with Crippen molar-refractivity contribution < 1.29 is 9.90 Å². The molecule has 0 saturated carbocycles. The second-order valence-corrected chi connectivity index (χ2v) is 4.40. The normalized spacial score (nSPS) is 10.9. The quantitative estimate of drug-likeness (QED) is 0.553. The summed E-state index contributed by atoms with van der Waals surface area (Å²) < 4.78 is 0. The molecule has 0 saturated heterocycles. The molecule has 1 N–H and O–H groups in total. The number of hydrogen-bond donors (Lipinski definition) is 1. The van der Waals surface area contributed by atoms with Gasteiger partial charge in [-0.2, -0.15) is 0 Å². The number of hydrogen-bond acceptors (Lipinski definition) is 2. The molecule has 0 aromatic heterocycles. The largest absolute Gasteiger partial charge is 0.481 e. The van der Waals surface area contributed by atoms with Crippen LogP contribution in [0.5, 0.6) is 0 Å². The van der Waals surface area contributed by atoms with Crippen molar-refractivity contribution in [1.29, 1.82) is 0 Å². The Labute approximate surface area is 99.8 Å². The first kappa shape index (κ1) is 15.4.